The molecule has 1 heterocycles. The number of Topliss-reactive ketones (excluding diaryl/α,β-unsaturated/α-hetero) is 1. The van der Waals surface area contributed by atoms with Crippen molar-refractivity contribution in [3.8, 4) is 0 Å². The summed E-state index contributed by atoms with van der Waals surface area (Å²) in [4.78, 5) is 41.1. The Morgan fingerprint density at radius 2 is 1.97 bits per heavy atom. The smallest absolute Gasteiger partial charge is 0.294 e. The van der Waals surface area contributed by atoms with Gasteiger partial charge in [0, 0.05) is 18.3 Å². The summed E-state index contributed by atoms with van der Waals surface area (Å²) < 4.78 is 14.8. The first-order chi connectivity index (χ1) is 14.1. The van der Waals surface area contributed by atoms with Crippen LogP contribution in [0.15, 0.2) is 18.2 Å². The van der Waals surface area contributed by atoms with Crippen LogP contribution in [0.1, 0.15) is 52.6 Å². The number of amides is 2. The molecule has 3 rings (SSSR count). The van der Waals surface area contributed by atoms with E-state index < -0.39 is 23.4 Å². The Labute approximate surface area is 178 Å². The van der Waals surface area contributed by atoms with Crippen LogP contribution < -0.4 is 10.6 Å². The summed E-state index contributed by atoms with van der Waals surface area (Å²) in [6, 6.07) is 3.58. The summed E-state index contributed by atoms with van der Waals surface area (Å²) in [6.07, 6.45) is 2.59. The molecule has 1 aromatic heterocycles. The van der Waals surface area contributed by atoms with E-state index >= 15 is 0 Å². The molecular formula is C21H20ClFN4O3. The molecule has 0 bridgehead atoms. The quantitative estimate of drug-likeness (QED) is 0.424. The Hall–Kier alpha value is -3.18. The Kier molecular flexibility index (Phi) is 5.68. The molecular weight excluding hydrogens is 411 g/mol. The molecule has 0 atom stereocenters. The van der Waals surface area contributed by atoms with E-state index in [9.17, 15) is 18.8 Å². The van der Waals surface area contributed by atoms with Crippen LogP contribution in [0.2, 0.25) is 5.15 Å². The minimum absolute atomic E-state index is 0.0106. The standard InChI is InChI=1S/C21H20ClFN4O3/c1-11-15(19(29)25-12-6-7-13(23)14(10-12)24-3)18(22)27(4)16(11)17(28)20(30)26-21(2)8-5-9-21/h6-7,10H,5,8-9H2,1-2,4H3,(H,25,29)(H,26,30). The number of anilines is 1. The van der Waals surface area contributed by atoms with Gasteiger partial charge >= 0.3 is 0 Å². The predicted molar refractivity (Wildman–Crippen MR) is 111 cm³/mol. The van der Waals surface area contributed by atoms with Gasteiger partial charge < -0.3 is 15.2 Å². The van der Waals surface area contributed by atoms with E-state index in [1.807, 2.05) is 6.92 Å². The monoisotopic (exact) mass is 430 g/mol. The zero-order chi connectivity index (χ0) is 22.2. The molecule has 9 heteroatoms. The number of carbonyl (C=O) groups excluding carboxylic acids is 3. The molecule has 0 radical (unpaired) electrons. The molecule has 1 fully saturated rings. The normalized spacial score (nSPS) is 14.4. The summed E-state index contributed by atoms with van der Waals surface area (Å²) in [7, 11) is 1.49. The number of hydrogen-bond donors (Lipinski definition) is 2. The Morgan fingerprint density at radius 1 is 1.30 bits per heavy atom. The topological polar surface area (TPSA) is 84.6 Å². The second-order valence-corrected chi connectivity index (χ2v) is 7.99. The van der Waals surface area contributed by atoms with E-state index in [0.29, 0.717) is 0 Å². The summed E-state index contributed by atoms with van der Waals surface area (Å²) >= 11 is 6.29. The van der Waals surface area contributed by atoms with E-state index in [-0.39, 0.29) is 38.9 Å². The van der Waals surface area contributed by atoms with Crippen LogP contribution in [0.4, 0.5) is 15.8 Å². The average Bonchev–Trinajstić information content (AvgIpc) is 2.90. The van der Waals surface area contributed by atoms with Crippen molar-refractivity contribution < 1.29 is 18.8 Å². The number of nitrogens with zero attached hydrogens (tertiary/aromatic N) is 2. The third-order valence-corrected chi connectivity index (χ3v) is 5.85. The third-order valence-electron chi connectivity index (χ3n) is 5.41. The van der Waals surface area contributed by atoms with E-state index in [1.165, 1.54) is 30.7 Å². The van der Waals surface area contributed by atoms with E-state index in [1.54, 1.807) is 0 Å². The lowest BCUT2D eigenvalue weighted by Crippen LogP contribution is -2.53. The number of hydrogen-bond acceptors (Lipinski definition) is 3. The van der Waals surface area contributed by atoms with Gasteiger partial charge in [-0.2, -0.15) is 0 Å². The van der Waals surface area contributed by atoms with Crippen molar-refractivity contribution in [3.05, 3.63) is 57.4 Å². The van der Waals surface area contributed by atoms with Crippen molar-refractivity contribution in [2.45, 2.75) is 38.6 Å². The minimum Gasteiger partial charge on any atom is -0.344 e. The molecule has 0 aliphatic heterocycles. The number of halogens is 2. The Morgan fingerprint density at radius 3 is 2.53 bits per heavy atom. The molecule has 0 saturated heterocycles. The van der Waals surface area contributed by atoms with Crippen molar-refractivity contribution in [3.63, 3.8) is 0 Å². The number of rotatable bonds is 5. The van der Waals surface area contributed by atoms with E-state index in [0.717, 1.165) is 25.3 Å². The maximum atomic E-state index is 13.5. The second kappa shape index (κ2) is 7.92. The summed E-state index contributed by atoms with van der Waals surface area (Å²) in [5.74, 6) is -2.86. The predicted octanol–water partition coefficient (Wildman–Crippen LogP) is 4.17. The van der Waals surface area contributed by atoms with Gasteiger partial charge in [0.1, 0.15) is 11.0 Å². The van der Waals surface area contributed by atoms with E-state index in [4.69, 9.17) is 18.2 Å². The molecule has 2 N–H and O–H groups in total. The van der Waals surface area contributed by atoms with Crippen LogP contribution in [-0.4, -0.2) is 27.7 Å². The maximum absolute atomic E-state index is 13.5. The molecule has 30 heavy (non-hydrogen) atoms. The van der Waals surface area contributed by atoms with Crippen molar-refractivity contribution in [1.29, 1.82) is 0 Å². The summed E-state index contributed by atoms with van der Waals surface area (Å²) in [6.45, 7) is 10.4. The molecule has 2 amide bonds. The molecule has 0 spiro atoms. The first-order valence-corrected chi connectivity index (χ1v) is 9.66. The van der Waals surface area contributed by atoms with Crippen molar-refractivity contribution >= 4 is 40.6 Å². The van der Waals surface area contributed by atoms with Gasteiger partial charge in [0.2, 0.25) is 5.69 Å². The van der Waals surface area contributed by atoms with Crippen LogP contribution in [0, 0.1) is 19.3 Å². The van der Waals surface area contributed by atoms with Gasteiger partial charge in [-0.15, -0.1) is 0 Å². The first kappa shape index (κ1) is 21.5. The molecule has 0 unspecified atom stereocenters. The zero-order valence-corrected chi connectivity index (χ0v) is 17.5. The summed E-state index contributed by atoms with van der Waals surface area (Å²) in [5, 5.41) is 5.29. The fourth-order valence-electron chi connectivity index (χ4n) is 3.52. The maximum Gasteiger partial charge on any atom is 0.294 e. The highest BCUT2D eigenvalue weighted by molar-refractivity contribution is 6.44. The highest BCUT2D eigenvalue weighted by Gasteiger charge is 2.37. The number of ketones is 1. The highest BCUT2D eigenvalue weighted by atomic mass is 35.5. The highest BCUT2D eigenvalue weighted by Crippen LogP contribution is 2.32. The first-order valence-electron chi connectivity index (χ1n) is 9.28. The van der Waals surface area contributed by atoms with Crippen molar-refractivity contribution in [2.24, 2.45) is 7.05 Å². The van der Waals surface area contributed by atoms with Gasteiger partial charge in [0.25, 0.3) is 17.6 Å². The Bertz CT molecular complexity index is 1110. The van der Waals surface area contributed by atoms with E-state index in [2.05, 4.69) is 15.5 Å². The van der Waals surface area contributed by atoms with Gasteiger partial charge in [-0.1, -0.05) is 11.6 Å². The van der Waals surface area contributed by atoms with Gasteiger partial charge in [-0.3, -0.25) is 14.4 Å². The fraction of sp³-hybridized carbons (Fsp3) is 0.333. The lowest BCUT2D eigenvalue weighted by molar-refractivity contribution is -0.119. The molecule has 2 aromatic rings. The van der Waals surface area contributed by atoms with Crippen LogP contribution in [0.5, 0.6) is 0 Å². The number of benzene rings is 1. The van der Waals surface area contributed by atoms with Gasteiger partial charge in [-0.05, 0) is 56.9 Å². The SMILES string of the molecule is [C-]#[N+]c1cc(NC(=O)c2c(C)c(C(=O)C(=O)NC3(C)CCC3)n(C)c2Cl)ccc1F. The lowest BCUT2D eigenvalue weighted by Gasteiger charge is -2.38. The molecule has 156 valence electrons. The van der Waals surface area contributed by atoms with Gasteiger partial charge in [-0.25, -0.2) is 9.24 Å². The largest absolute Gasteiger partial charge is 0.344 e. The number of carbonyl (C=O) groups is 3. The molecule has 1 aliphatic rings. The minimum atomic E-state index is -0.777. The molecule has 7 nitrogen and oxygen atoms in total. The van der Waals surface area contributed by atoms with Crippen molar-refractivity contribution in [2.75, 3.05) is 5.32 Å². The number of nitrogens with one attached hydrogen (secondary N) is 2. The Balaban J connectivity index is 1.88. The lowest BCUT2D eigenvalue weighted by atomic mass is 9.78. The average molecular weight is 431 g/mol. The van der Waals surface area contributed by atoms with Gasteiger partial charge in [0.15, 0.2) is 0 Å². The van der Waals surface area contributed by atoms with Crippen LogP contribution in [-0.2, 0) is 11.8 Å². The third kappa shape index (κ3) is 3.81. The number of aromatic nitrogens is 1. The van der Waals surface area contributed by atoms with Crippen molar-refractivity contribution in [1.82, 2.24) is 9.88 Å². The van der Waals surface area contributed by atoms with Crippen LogP contribution in [0.3, 0.4) is 0 Å². The second-order valence-electron chi connectivity index (χ2n) is 7.63. The molecule has 1 aromatic carbocycles. The van der Waals surface area contributed by atoms with Gasteiger partial charge in [0.05, 0.1) is 17.8 Å². The summed E-state index contributed by atoms with van der Waals surface area (Å²) in [5.41, 5.74) is -0.119. The fourth-order valence-corrected chi connectivity index (χ4v) is 3.83. The molecule has 1 aliphatic carbocycles. The zero-order valence-electron chi connectivity index (χ0n) is 16.7. The molecule has 1 saturated carbocycles. The van der Waals surface area contributed by atoms with Crippen LogP contribution >= 0.6 is 11.6 Å². The van der Waals surface area contributed by atoms with Crippen LogP contribution in [0.25, 0.3) is 4.85 Å².